The number of ether oxygens (including phenoxy) is 4. The molecule has 57 heavy (non-hydrogen) atoms. The maximum atomic E-state index is 11.0. The van der Waals surface area contributed by atoms with Gasteiger partial charge in [-0.15, -0.1) is 0 Å². The number of aliphatic hydroxyl groups excluding tert-OH is 2. The van der Waals surface area contributed by atoms with Crippen LogP contribution in [0.15, 0.2) is 158 Å². The summed E-state index contributed by atoms with van der Waals surface area (Å²) in [6, 6.07) is 52.0. The van der Waals surface area contributed by atoms with Gasteiger partial charge in [0.25, 0.3) is 0 Å². The van der Waals surface area contributed by atoms with Crippen LogP contribution in [0.25, 0.3) is 0 Å². The molecule has 0 aromatic heterocycles. The SMILES string of the molecule is NCCO.O=Cc1ccc(OCc2ccccc2)c(OCCc2ccccc2)c1.OCCCCc1ccc(OCc2ccccc2)c(OCCc2ccccc2)c1. The van der Waals surface area contributed by atoms with Gasteiger partial charge in [0.15, 0.2) is 23.0 Å². The molecule has 6 aromatic carbocycles. The summed E-state index contributed by atoms with van der Waals surface area (Å²) in [6.45, 7) is 2.80. The molecular formula is C49H55NO7. The van der Waals surface area contributed by atoms with Gasteiger partial charge >= 0.3 is 0 Å². The van der Waals surface area contributed by atoms with Crippen LogP contribution in [-0.4, -0.2) is 49.5 Å². The fourth-order valence-corrected chi connectivity index (χ4v) is 5.53. The van der Waals surface area contributed by atoms with Crippen LogP contribution < -0.4 is 24.7 Å². The van der Waals surface area contributed by atoms with Gasteiger partial charge in [-0.2, -0.15) is 0 Å². The molecule has 8 nitrogen and oxygen atoms in total. The second-order valence-electron chi connectivity index (χ2n) is 13.0. The number of carbonyl (C=O) groups excluding carboxylic acids is 1. The molecule has 0 amide bonds. The Morgan fingerprint density at radius 3 is 1.32 bits per heavy atom. The second kappa shape index (κ2) is 26.8. The number of aldehydes is 1. The van der Waals surface area contributed by atoms with Crippen LogP contribution in [0.1, 0.15) is 51.0 Å². The van der Waals surface area contributed by atoms with Crippen LogP contribution >= 0.6 is 0 Å². The van der Waals surface area contributed by atoms with Crippen LogP contribution in [0, 0.1) is 0 Å². The van der Waals surface area contributed by atoms with Crippen LogP contribution in [0.2, 0.25) is 0 Å². The van der Waals surface area contributed by atoms with E-state index < -0.39 is 0 Å². The number of rotatable bonds is 20. The molecular weight excluding hydrogens is 715 g/mol. The van der Waals surface area contributed by atoms with E-state index in [1.54, 1.807) is 18.2 Å². The van der Waals surface area contributed by atoms with E-state index in [-0.39, 0.29) is 13.2 Å². The minimum atomic E-state index is 0.0972. The molecule has 0 saturated carbocycles. The van der Waals surface area contributed by atoms with Gasteiger partial charge in [-0.05, 0) is 77.4 Å². The first kappa shape index (κ1) is 43.8. The highest BCUT2D eigenvalue weighted by atomic mass is 16.5. The Morgan fingerprint density at radius 2 is 0.877 bits per heavy atom. The van der Waals surface area contributed by atoms with E-state index >= 15 is 0 Å². The molecule has 0 saturated heterocycles. The van der Waals surface area contributed by atoms with Gasteiger partial charge in [-0.3, -0.25) is 4.79 Å². The highest BCUT2D eigenvalue weighted by Gasteiger charge is 2.10. The molecule has 8 heteroatoms. The molecule has 4 N–H and O–H groups in total. The van der Waals surface area contributed by atoms with Crippen LogP contribution in [0.5, 0.6) is 23.0 Å². The molecule has 0 heterocycles. The lowest BCUT2D eigenvalue weighted by atomic mass is 10.1. The molecule has 0 bridgehead atoms. The summed E-state index contributed by atoms with van der Waals surface area (Å²) < 4.78 is 23.9. The monoisotopic (exact) mass is 769 g/mol. The molecule has 0 radical (unpaired) electrons. The van der Waals surface area contributed by atoms with Gasteiger partial charge in [-0.1, -0.05) is 127 Å². The van der Waals surface area contributed by atoms with Gasteiger partial charge in [-0.25, -0.2) is 0 Å². The van der Waals surface area contributed by atoms with Gasteiger partial charge in [0.1, 0.15) is 19.5 Å². The number of hydrogen-bond acceptors (Lipinski definition) is 8. The molecule has 6 aromatic rings. The zero-order valence-corrected chi connectivity index (χ0v) is 32.6. The third-order valence-corrected chi connectivity index (χ3v) is 8.57. The Kier molecular flexibility index (Phi) is 20.6. The first-order chi connectivity index (χ1) is 28.1. The summed E-state index contributed by atoms with van der Waals surface area (Å²) in [6.07, 6.45) is 5.16. The molecule has 0 unspecified atom stereocenters. The topological polar surface area (TPSA) is 120 Å². The maximum Gasteiger partial charge on any atom is 0.161 e. The molecule has 0 aliphatic carbocycles. The fraction of sp³-hybridized carbons (Fsp3) is 0.245. The van der Waals surface area contributed by atoms with Crippen LogP contribution in [0.4, 0.5) is 0 Å². The van der Waals surface area contributed by atoms with Gasteiger partial charge in [0, 0.05) is 31.6 Å². The molecule has 0 spiro atoms. The van der Waals surface area contributed by atoms with Crippen LogP contribution in [-0.2, 0) is 32.5 Å². The van der Waals surface area contributed by atoms with E-state index in [0.717, 1.165) is 61.0 Å². The van der Waals surface area contributed by atoms with Crippen molar-refractivity contribution in [1.29, 1.82) is 0 Å². The summed E-state index contributed by atoms with van der Waals surface area (Å²) in [7, 11) is 0. The van der Waals surface area contributed by atoms with E-state index in [9.17, 15) is 4.79 Å². The molecule has 0 aliphatic rings. The fourth-order valence-electron chi connectivity index (χ4n) is 5.53. The molecule has 6 rings (SSSR count). The lowest BCUT2D eigenvalue weighted by molar-refractivity contribution is 0.112. The number of hydrogen-bond donors (Lipinski definition) is 3. The zero-order valence-electron chi connectivity index (χ0n) is 32.6. The summed E-state index contributed by atoms with van der Waals surface area (Å²) in [4.78, 5) is 11.0. The summed E-state index contributed by atoms with van der Waals surface area (Å²) in [5, 5.41) is 16.8. The van der Waals surface area contributed by atoms with Crippen molar-refractivity contribution >= 4 is 6.29 Å². The van der Waals surface area contributed by atoms with Crippen molar-refractivity contribution < 1.29 is 34.0 Å². The van der Waals surface area contributed by atoms with Crippen molar-refractivity contribution in [2.45, 2.75) is 45.3 Å². The molecule has 0 fully saturated rings. The van der Waals surface area contributed by atoms with Crippen molar-refractivity contribution in [2.24, 2.45) is 5.73 Å². The second-order valence-corrected chi connectivity index (χ2v) is 13.0. The molecule has 298 valence electrons. The minimum absolute atomic E-state index is 0.0972. The zero-order chi connectivity index (χ0) is 40.2. The number of benzene rings is 6. The average Bonchev–Trinajstić information content (AvgIpc) is 3.27. The molecule has 0 aliphatic heterocycles. The Morgan fingerprint density at radius 1 is 0.439 bits per heavy atom. The standard InChI is InChI=1S/C25H28O3.C22H20O3.C2H7NO/c26-17-8-7-11-22-14-15-24(28-20-23-12-5-2-6-13-23)25(19-22)27-18-16-21-9-3-1-4-10-21;23-16-20-11-12-21(25-17-19-9-5-2-6-10-19)22(15-20)24-14-13-18-7-3-1-4-8-18;3-1-2-4/h1-6,9-10,12-15,19,26H,7-8,11,16-18,20H2;1-12,15-16H,13-14,17H2;4H,1-3H2. The van der Waals surface area contributed by atoms with Crippen molar-refractivity contribution in [3.05, 3.63) is 191 Å². The predicted octanol–water partition coefficient (Wildman–Crippen LogP) is 8.84. The van der Waals surface area contributed by atoms with Gasteiger partial charge in [0.2, 0.25) is 0 Å². The largest absolute Gasteiger partial charge is 0.489 e. The van der Waals surface area contributed by atoms with E-state index in [2.05, 4.69) is 48.5 Å². The summed E-state index contributed by atoms with van der Waals surface area (Å²) in [5.41, 5.74) is 11.2. The third-order valence-electron chi connectivity index (χ3n) is 8.57. The van der Waals surface area contributed by atoms with E-state index in [1.165, 1.54) is 16.7 Å². The van der Waals surface area contributed by atoms with Gasteiger partial charge < -0.3 is 34.9 Å². The third kappa shape index (κ3) is 17.2. The van der Waals surface area contributed by atoms with Gasteiger partial charge in [0.05, 0.1) is 19.8 Å². The quantitative estimate of drug-likeness (QED) is 0.0521. The maximum absolute atomic E-state index is 11.0. The summed E-state index contributed by atoms with van der Waals surface area (Å²) in [5.74, 6) is 2.79. The lowest BCUT2D eigenvalue weighted by Crippen LogP contribution is -2.04. The minimum Gasteiger partial charge on any atom is -0.489 e. The first-order valence-corrected chi connectivity index (χ1v) is 19.4. The van der Waals surface area contributed by atoms with Crippen molar-refractivity contribution in [3.63, 3.8) is 0 Å². The smallest absolute Gasteiger partial charge is 0.161 e. The summed E-state index contributed by atoms with van der Waals surface area (Å²) >= 11 is 0. The van der Waals surface area contributed by atoms with E-state index in [0.29, 0.717) is 50.0 Å². The first-order valence-electron chi connectivity index (χ1n) is 19.4. The van der Waals surface area contributed by atoms with E-state index in [1.807, 2.05) is 91.0 Å². The Bertz CT molecular complexity index is 1940. The average molecular weight is 770 g/mol. The van der Waals surface area contributed by atoms with E-state index in [4.69, 9.17) is 34.9 Å². The number of aliphatic hydroxyl groups is 2. The Labute approximate surface area is 337 Å². The number of aryl methyl sites for hydroxylation is 1. The number of nitrogens with two attached hydrogens (primary N) is 1. The molecule has 0 atom stereocenters. The van der Waals surface area contributed by atoms with Crippen molar-refractivity contribution in [2.75, 3.05) is 33.0 Å². The normalized spacial score (nSPS) is 10.2. The number of unbranched alkanes of at least 4 members (excludes halogenated alkanes) is 1. The highest BCUT2D eigenvalue weighted by Crippen LogP contribution is 2.31. The number of carbonyl (C=O) groups is 1. The van der Waals surface area contributed by atoms with Crippen molar-refractivity contribution in [1.82, 2.24) is 0 Å². The Balaban J connectivity index is 0.000000232. The van der Waals surface area contributed by atoms with Crippen LogP contribution in [0.3, 0.4) is 0 Å². The Hall–Kier alpha value is -5.93. The highest BCUT2D eigenvalue weighted by molar-refractivity contribution is 5.76. The van der Waals surface area contributed by atoms with Crippen molar-refractivity contribution in [3.8, 4) is 23.0 Å². The predicted molar refractivity (Wildman–Crippen MR) is 227 cm³/mol. The lowest BCUT2D eigenvalue weighted by Gasteiger charge is -2.15.